The zero-order chi connectivity index (χ0) is 14.6. The van der Waals surface area contributed by atoms with Crippen molar-refractivity contribution in [1.82, 2.24) is 0 Å². The summed E-state index contributed by atoms with van der Waals surface area (Å²) in [5, 5.41) is 0. The maximum atomic E-state index is 5.80. The zero-order valence-electron chi connectivity index (χ0n) is 12.9. The first-order chi connectivity index (χ1) is 8.85. The monoisotopic (exact) mass is 264 g/mol. The molecular weight excluding hydrogens is 236 g/mol. The van der Waals surface area contributed by atoms with Crippen molar-refractivity contribution in [3.8, 4) is 5.75 Å². The Morgan fingerprint density at radius 3 is 2.16 bits per heavy atom. The molecule has 0 aliphatic rings. The summed E-state index contributed by atoms with van der Waals surface area (Å²) in [4.78, 5) is 0. The van der Waals surface area contributed by atoms with E-state index >= 15 is 0 Å². The first kappa shape index (κ1) is 16.0. The number of hydrogen-bond donors (Lipinski definition) is 2. The molecule has 0 saturated heterocycles. The molecule has 1 aromatic carbocycles. The lowest BCUT2D eigenvalue weighted by Gasteiger charge is -2.26. The van der Waals surface area contributed by atoms with E-state index in [4.69, 9.17) is 16.2 Å². The summed E-state index contributed by atoms with van der Waals surface area (Å²) in [6.45, 7) is 10.0. The Morgan fingerprint density at radius 1 is 1.16 bits per heavy atom. The molecule has 19 heavy (non-hydrogen) atoms. The van der Waals surface area contributed by atoms with Gasteiger partial charge in [0.25, 0.3) is 0 Å². The van der Waals surface area contributed by atoms with Crippen LogP contribution in [0, 0.1) is 5.92 Å². The van der Waals surface area contributed by atoms with Gasteiger partial charge in [0.05, 0.1) is 7.11 Å². The first-order valence-corrected chi connectivity index (χ1v) is 6.93. The molecule has 3 heteroatoms. The molecule has 0 bridgehead atoms. The van der Waals surface area contributed by atoms with Gasteiger partial charge in [-0.15, -0.1) is 0 Å². The van der Waals surface area contributed by atoms with Crippen molar-refractivity contribution in [3.63, 3.8) is 0 Å². The number of hydrogen-bond acceptors (Lipinski definition) is 3. The summed E-state index contributed by atoms with van der Waals surface area (Å²) in [5.41, 5.74) is 14.2. The minimum atomic E-state index is 0.0575. The second-order valence-corrected chi connectivity index (χ2v) is 6.23. The lowest BCUT2D eigenvalue weighted by molar-refractivity contribution is 0.396. The summed E-state index contributed by atoms with van der Waals surface area (Å²) in [5.74, 6) is 1.63. The summed E-state index contributed by atoms with van der Waals surface area (Å²) in [6, 6.07) is 6.41. The fraction of sp³-hybridized carbons (Fsp3) is 0.625. The fourth-order valence-electron chi connectivity index (χ4n) is 2.37. The quantitative estimate of drug-likeness (QED) is 0.859. The largest absolute Gasteiger partial charge is 0.496 e. The number of benzene rings is 1. The summed E-state index contributed by atoms with van der Waals surface area (Å²) >= 11 is 0. The van der Waals surface area contributed by atoms with Crippen LogP contribution in [0.25, 0.3) is 0 Å². The Kier molecular flexibility index (Phi) is 5.39. The van der Waals surface area contributed by atoms with Gasteiger partial charge in [-0.2, -0.15) is 0 Å². The van der Waals surface area contributed by atoms with Crippen molar-refractivity contribution < 1.29 is 4.74 Å². The molecule has 1 atom stereocenters. The van der Waals surface area contributed by atoms with Crippen LogP contribution in [0.15, 0.2) is 18.2 Å². The van der Waals surface area contributed by atoms with Gasteiger partial charge in [-0.05, 0) is 47.5 Å². The van der Waals surface area contributed by atoms with Crippen molar-refractivity contribution >= 4 is 0 Å². The van der Waals surface area contributed by atoms with Gasteiger partial charge in [-0.25, -0.2) is 0 Å². The highest BCUT2D eigenvalue weighted by molar-refractivity contribution is 5.42. The van der Waals surface area contributed by atoms with E-state index in [9.17, 15) is 0 Å². The Balaban J connectivity index is 3.18. The van der Waals surface area contributed by atoms with Gasteiger partial charge in [0.15, 0.2) is 0 Å². The minimum absolute atomic E-state index is 0.0575. The molecule has 0 fully saturated rings. The van der Waals surface area contributed by atoms with E-state index in [1.807, 2.05) is 0 Å². The van der Waals surface area contributed by atoms with Gasteiger partial charge in [0.2, 0.25) is 0 Å². The molecule has 108 valence electrons. The normalized spacial score (nSPS) is 13.7. The number of methoxy groups -OCH3 is 1. The van der Waals surface area contributed by atoms with Gasteiger partial charge in [-0.1, -0.05) is 39.8 Å². The zero-order valence-corrected chi connectivity index (χ0v) is 12.9. The second-order valence-electron chi connectivity index (χ2n) is 6.23. The number of ether oxygens (including phenoxy) is 1. The van der Waals surface area contributed by atoms with E-state index in [1.165, 1.54) is 11.1 Å². The van der Waals surface area contributed by atoms with Crippen LogP contribution in [0.3, 0.4) is 0 Å². The highest BCUT2D eigenvalue weighted by Crippen LogP contribution is 2.35. The van der Waals surface area contributed by atoms with Gasteiger partial charge >= 0.3 is 0 Å². The predicted octanol–water partition coefficient (Wildman–Crippen LogP) is 2.63. The van der Waals surface area contributed by atoms with Gasteiger partial charge in [0.1, 0.15) is 5.75 Å². The molecule has 1 aromatic rings. The molecule has 4 N–H and O–H groups in total. The second kappa shape index (κ2) is 6.40. The molecule has 0 aromatic heterocycles. The molecule has 0 radical (unpaired) electrons. The molecule has 0 aliphatic carbocycles. The van der Waals surface area contributed by atoms with Crippen LogP contribution in [0.5, 0.6) is 5.75 Å². The standard InChI is InChI=1S/C16H28N2O/c1-11(13(9-17)10-18)12-6-7-15(19-5)14(8-12)16(2,3)4/h6-8,11,13H,9-10,17-18H2,1-5H3. The molecule has 1 rings (SSSR count). The van der Waals surface area contributed by atoms with Crippen molar-refractivity contribution in [3.05, 3.63) is 29.3 Å². The SMILES string of the molecule is COc1ccc(C(C)C(CN)CN)cc1C(C)(C)C. The van der Waals surface area contributed by atoms with Crippen LogP contribution in [0.2, 0.25) is 0 Å². The highest BCUT2D eigenvalue weighted by Gasteiger charge is 2.22. The average Bonchev–Trinajstić information content (AvgIpc) is 2.38. The van der Waals surface area contributed by atoms with Crippen LogP contribution in [-0.2, 0) is 5.41 Å². The number of nitrogens with two attached hydrogens (primary N) is 2. The third kappa shape index (κ3) is 3.71. The van der Waals surface area contributed by atoms with Crippen molar-refractivity contribution in [2.45, 2.75) is 39.0 Å². The number of rotatable bonds is 5. The van der Waals surface area contributed by atoms with Gasteiger partial charge < -0.3 is 16.2 Å². The fourth-order valence-corrected chi connectivity index (χ4v) is 2.37. The van der Waals surface area contributed by atoms with Crippen molar-refractivity contribution in [1.29, 1.82) is 0 Å². The Labute approximate surface area is 117 Å². The van der Waals surface area contributed by atoms with Gasteiger partial charge in [0, 0.05) is 0 Å². The van der Waals surface area contributed by atoms with E-state index in [1.54, 1.807) is 7.11 Å². The molecule has 0 spiro atoms. The van der Waals surface area contributed by atoms with Crippen LogP contribution in [-0.4, -0.2) is 20.2 Å². The van der Waals surface area contributed by atoms with Crippen LogP contribution in [0.1, 0.15) is 44.7 Å². The smallest absolute Gasteiger partial charge is 0.122 e. The van der Waals surface area contributed by atoms with E-state index in [-0.39, 0.29) is 5.41 Å². The van der Waals surface area contributed by atoms with Crippen molar-refractivity contribution in [2.24, 2.45) is 17.4 Å². The van der Waals surface area contributed by atoms with Crippen LogP contribution in [0.4, 0.5) is 0 Å². The lowest BCUT2D eigenvalue weighted by atomic mass is 9.81. The predicted molar refractivity (Wildman–Crippen MR) is 81.7 cm³/mol. The van der Waals surface area contributed by atoms with E-state index in [0.29, 0.717) is 24.9 Å². The third-order valence-corrected chi connectivity index (χ3v) is 3.87. The van der Waals surface area contributed by atoms with Crippen molar-refractivity contribution in [2.75, 3.05) is 20.2 Å². The lowest BCUT2D eigenvalue weighted by Crippen LogP contribution is -2.28. The van der Waals surface area contributed by atoms with E-state index < -0.39 is 0 Å². The molecular formula is C16H28N2O. The Bertz CT molecular complexity index is 406. The maximum absolute atomic E-state index is 5.80. The summed E-state index contributed by atoms with van der Waals surface area (Å²) in [6.07, 6.45) is 0. The molecule has 0 aliphatic heterocycles. The molecule has 0 amide bonds. The molecule has 0 saturated carbocycles. The minimum Gasteiger partial charge on any atom is -0.496 e. The molecule has 1 unspecified atom stereocenters. The Morgan fingerprint density at radius 2 is 1.74 bits per heavy atom. The average molecular weight is 264 g/mol. The van der Waals surface area contributed by atoms with Gasteiger partial charge in [-0.3, -0.25) is 0 Å². The topological polar surface area (TPSA) is 61.3 Å². The van der Waals surface area contributed by atoms with E-state index in [0.717, 1.165) is 5.75 Å². The molecule has 3 nitrogen and oxygen atoms in total. The summed E-state index contributed by atoms with van der Waals surface area (Å²) in [7, 11) is 1.72. The molecule has 0 heterocycles. The van der Waals surface area contributed by atoms with Crippen LogP contribution >= 0.6 is 0 Å². The van der Waals surface area contributed by atoms with Crippen LogP contribution < -0.4 is 16.2 Å². The highest BCUT2D eigenvalue weighted by atomic mass is 16.5. The summed E-state index contributed by atoms with van der Waals surface area (Å²) < 4.78 is 5.47. The maximum Gasteiger partial charge on any atom is 0.122 e. The Hall–Kier alpha value is -1.06. The van der Waals surface area contributed by atoms with E-state index in [2.05, 4.69) is 45.9 Å². The first-order valence-electron chi connectivity index (χ1n) is 6.93. The third-order valence-electron chi connectivity index (χ3n) is 3.87.